The number of nitrogens with zero attached hydrogens (tertiary/aromatic N) is 3. The standard InChI is InChI=1S/C24H28N4O2S/c1-5-14-28-23(19-10-12-20(13-11-19)30-15-17(2)3)26-27-24(28)31-16-22(29)25-21-9-7-6-8-18(21)4/h5-13,17H,1,14-16H2,2-4H3,(H,25,29). The molecule has 0 atom stereocenters. The summed E-state index contributed by atoms with van der Waals surface area (Å²) in [6.45, 7) is 11.3. The molecule has 7 heteroatoms. The minimum Gasteiger partial charge on any atom is -0.493 e. The molecule has 0 bridgehead atoms. The third kappa shape index (κ3) is 6.21. The fourth-order valence-electron chi connectivity index (χ4n) is 2.90. The maximum atomic E-state index is 12.4. The molecule has 6 nitrogen and oxygen atoms in total. The third-order valence-corrected chi connectivity index (χ3v) is 5.44. The van der Waals surface area contributed by atoms with E-state index in [9.17, 15) is 4.79 Å². The van der Waals surface area contributed by atoms with Gasteiger partial charge in [0, 0.05) is 17.8 Å². The largest absolute Gasteiger partial charge is 0.493 e. The molecule has 1 aromatic heterocycles. The van der Waals surface area contributed by atoms with Gasteiger partial charge < -0.3 is 10.1 Å². The molecular weight excluding hydrogens is 408 g/mol. The second-order valence-electron chi connectivity index (χ2n) is 7.59. The summed E-state index contributed by atoms with van der Waals surface area (Å²) >= 11 is 1.36. The molecule has 0 aliphatic carbocycles. The molecule has 2 aromatic carbocycles. The van der Waals surface area contributed by atoms with Crippen LogP contribution in [0.4, 0.5) is 5.69 Å². The van der Waals surface area contributed by atoms with Crippen LogP contribution in [0, 0.1) is 12.8 Å². The molecule has 162 valence electrons. The molecule has 0 unspecified atom stereocenters. The highest BCUT2D eigenvalue weighted by atomic mass is 32.2. The van der Waals surface area contributed by atoms with E-state index in [-0.39, 0.29) is 11.7 Å². The number of ether oxygens (including phenoxy) is 1. The molecule has 0 saturated heterocycles. The smallest absolute Gasteiger partial charge is 0.234 e. The van der Waals surface area contributed by atoms with Crippen LogP contribution in [-0.2, 0) is 11.3 Å². The number of para-hydroxylation sites is 1. The predicted molar refractivity (Wildman–Crippen MR) is 127 cm³/mol. The quantitative estimate of drug-likeness (QED) is 0.349. The molecular formula is C24H28N4O2S. The average Bonchev–Trinajstić information content (AvgIpc) is 3.15. The maximum absolute atomic E-state index is 12.4. The lowest BCUT2D eigenvalue weighted by Crippen LogP contribution is -2.15. The summed E-state index contributed by atoms with van der Waals surface area (Å²) in [5.41, 5.74) is 2.78. The van der Waals surface area contributed by atoms with Gasteiger partial charge in [0.25, 0.3) is 0 Å². The lowest BCUT2D eigenvalue weighted by Gasteiger charge is -2.11. The summed E-state index contributed by atoms with van der Waals surface area (Å²) in [7, 11) is 0. The second kappa shape index (κ2) is 10.8. The van der Waals surface area contributed by atoms with Crippen LogP contribution in [0.15, 0.2) is 66.3 Å². The SMILES string of the molecule is C=CCn1c(SCC(=O)Nc2ccccc2C)nnc1-c1ccc(OCC(C)C)cc1. The van der Waals surface area contributed by atoms with Gasteiger partial charge in [-0.15, -0.1) is 16.8 Å². The molecule has 1 N–H and O–H groups in total. The van der Waals surface area contributed by atoms with Gasteiger partial charge in [0.2, 0.25) is 5.91 Å². The zero-order valence-electron chi connectivity index (χ0n) is 18.2. The number of thioether (sulfide) groups is 1. The van der Waals surface area contributed by atoms with E-state index >= 15 is 0 Å². The van der Waals surface area contributed by atoms with Crippen LogP contribution >= 0.6 is 11.8 Å². The minimum atomic E-state index is -0.0827. The third-order valence-electron chi connectivity index (χ3n) is 4.48. The number of amides is 1. The zero-order chi connectivity index (χ0) is 22.2. The van der Waals surface area contributed by atoms with Crippen molar-refractivity contribution < 1.29 is 9.53 Å². The van der Waals surface area contributed by atoms with Crippen LogP contribution in [-0.4, -0.2) is 33.0 Å². The van der Waals surface area contributed by atoms with Crippen LogP contribution in [0.5, 0.6) is 5.75 Å². The fourth-order valence-corrected chi connectivity index (χ4v) is 3.64. The van der Waals surface area contributed by atoms with E-state index < -0.39 is 0 Å². The lowest BCUT2D eigenvalue weighted by molar-refractivity contribution is -0.113. The summed E-state index contributed by atoms with van der Waals surface area (Å²) in [5.74, 6) is 2.19. The predicted octanol–water partition coefficient (Wildman–Crippen LogP) is 5.21. The van der Waals surface area contributed by atoms with Gasteiger partial charge in [0.1, 0.15) is 5.75 Å². The van der Waals surface area contributed by atoms with Crippen molar-refractivity contribution in [3.63, 3.8) is 0 Å². The maximum Gasteiger partial charge on any atom is 0.234 e. The Labute approximate surface area is 187 Å². The van der Waals surface area contributed by atoms with Crippen LogP contribution in [0.25, 0.3) is 11.4 Å². The highest BCUT2D eigenvalue weighted by molar-refractivity contribution is 7.99. The Morgan fingerprint density at radius 1 is 1.19 bits per heavy atom. The monoisotopic (exact) mass is 436 g/mol. The molecule has 1 heterocycles. The topological polar surface area (TPSA) is 69.0 Å². The van der Waals surface area contributed by atoms with Crippen LogP contribution in [0.3, 0.4) is 0 Å². The highest BCUT2D eigenvalue weighted by Crippen LogP contribution is 2.26. The Morgan fingerprint density at radius 2 is 1.94 bits per heavy atom. The van der Waals surface area contributed by atoms with Gasteiger partial charge in [0.15, 0.2) is 11.0 Å². The van der Waals surface area contributed by atoms with Crippen LogP contribution in [0.1, 0.15) is 19.4 Å². The zero-order valence-corrected chi connectivity index (χ0v) is 19.0. The Hall–Kier alpha value is -3.06. The van der Waals surface area contributed by atoms with Crippen molar-refractivity contribution >= 4 is 23.4 Å². The first-order valence-corrected chi connectivity index (χ1v) is 11.2. The molecule has 0 aliphatic rings. The Bertz CT molecular complexity index is 1030. The number of carbonyl (C=O) groups excluding carboxylic acids is 1. The van der Waals surface area contributed by atoms with E-state index in [0.29, 0.717) is 24.2 Å². The Morgan fingerprint density at radius 3 is 2.61 bits per heavy atom. The summed E-state index contributed by atoms with van der Waals surface area (Å²) in [5, 5.41) is 12.3. The number of benzene rings is 2. The van der Waals surface area contributed by atoms with Crippen LogP contribution < -0.4 is 10.1 Å². The first-order valence-electron chi connectivity index (χ1n) is 10.2. The molecule has 0 spiro atoms. The number of carbonyl (C=O) groups is 1. The molecule has 31 heavy (non-hydrogen) atoms. The van der Waals surface area contributed by atoms with Gasteiger partial charge in [-0.2, -0.15) is 0 Å². The number of aryl methyl sites for hydroxylation is 1. The van der Waals surface area contributed by atoms with Gasteiger partial charge in [-0.05, 0) is 48.7 Å². The molecule has 0 radical (unpaired) electrons. The number of rotatable bonds is 10. The van der Waals surface area contributed by atoms with Gasteiger partial charge in [0.05, 0.1) is 12.4 Å². The van der Waals surface area contributed by atoms with Crippen molar-refractivity contribution in [2.24, 2.45) is 5.92 Å². The number of nitrogens with one attached hydrogen (secondary N) is 1. The van der Waals surface area contributed by atoms with Crippen molar-refractivity contribution in [2.75, 3.05) is 17.7 Å². The minimum absolute atomic E-state index is 0.0827. The van der Waals surface area contributed by atoms with Crippen molar-refractivity contribution in [1.82, 2.24) is 14.8 Å². The number of hydrogen-bond acceptors (Lipinski definition) is 5. The molecule has 0 saturated carbocycles. The van der Waals surface area contributed by atoms with Crippen molar-refractivity contribution in [3.05, 3.63) is 66.7 Å². The average molecular weight is 437 g/mol. The van der Waals surface area contributed by atoms with E-state index in [1.807, 2.05) is 60.0 Å². The van der Waals surface area contributed by atoms with Crippen LogP contribution in [0.2, 0.25) is 0 Å². The summed E-state index contributed by atoms with van der Waals surface area (Å²) in [6.07, 6.45) is 1.80. The molecule has 0 fully saturated rings. The van der Waals surface area contributed by atoms with Gasteiger partial charge in [-0.3, -0.25) is 9.36 Å². The number of anilines is 1. The van der Waals surface area contributed by atoms with E-state index in [1.165, 1.54) is 11.8 Å². The lowest BCUT2D eigenvalue weighted by atomic mass is 10.2. The normalized spacial score (nSPS) is 10.8. The van der Waals surface area contributed by atoms with Crippen molar-refractivity contribution in [3.8, 4) is 17.1 Å². The highest BCUT2D eigenvalue weighted by Gasteiger charge is 2.15. The number of allylic oxidation sites excluding steroid dienone is 1. The van der Waals surface area contributed by atoms with Gasteiger partial charge in [-0.1, -0.05) is 49.9 Å². The van der Waals surface area contributed by atoms with E-state index in [1.54, 1.807) is 6.08 Å². The first-order chi connectivity index (χ1) is 15.0. The van der Waals surface area contributed by atoms with Crippen molar-refractivity contribution in [1.29, 1.82) is 0 Å². The van der Waals surface area contributed by atoms with E-state index in [4.69, 9.17) is 4.74 Å². The summed E-state index contributed by atoms with van der Waals surface area (Å²) in [6, 6.07) is 15.5. The molecule has 3 rings (SSSR count). The summed E-state index contributed by atoms with van der Waals surface area (Å²) in [4.78, 5) is 12.4. The molecule has 1 amide bonds. The Kier molecular flexibility index (Phi) is 7.89. The van der Waals surface area contributed by atoms with Gasteiger partial charge in [-0.25, -0.2) is 0 Å². The van der Waals surface area contributed by atoms with E-state index in [0.717, 1.165) is 28.4 Å². The Balaban J connectivity index is 1.69. The van der Waals surface area contributed by atoms with E-state index in [2.05, 4.69) is 35.9 Å². The first kappa shape index (κ1) is 22.6. The molecule has 3 aromatic rings. The van der Waals surface area contributed by atoms with Crippen molar-refractivity contribution in [2.45, 2.75) is 32.5 Å². The number of aromatic nitrogens is 3. The second-order valence-corrected chi connectivity index (χ2v) is 8.53. The van der Waals surface area contributed by atoms with Gasteiger partial charge >= 0.3 is 0 Å². The summed E-state index contributed by atoms with van der Waals surface area (Å²) < 4.78 is 7.72. The fraction of sp³-hybridized carbons (Fsp3) is 0.292. The molecule has 0 aliphatic heterocycles. The number of hydrogen-bond donors (Lipinski definition) is 1.